The predicted octanol–water partition coefficient (Wildman–Crippen LogP) is 1.38. The molecule has 0 saturated carbocycles. The fourth-order valence-electron chi connectivity index (χ4n) is 5.54. The number of aromatic hydroxyl groups is 1. The van der Waals surface area contributed by atoms with Crippen LogP contribution in [0.1, 0.15) is 22.3 Å². The fourth-order valence-corrected chi connectivity index (χ4v) is 5.54. The van der Waals surface area contributed by atoms with Crippen molar-refractivity contribution in [3.8, 4) is 5.75 Å². The zero-order chi connectivity index (χ0) is 24.2. The van der Waals surface area contributed by atoms with Gasteiger partial charge in [-0.15, -0.1) is 0 Å². The van der Waals surface area contributed by atoms with Gasteiger partial charge < -0.3 is 30.5 Å². The number of ketones is 2. The quantitative estimate of drug-likeness (QED) is 0.487. The molecule has 3 aliphatic rings. The number of hydrogen-bond acceptors (Lipinski definition) is 10. The van der Waals surface area contributed by atoms with Crippen molar-refractivity contribution in [2.24, 2.45) is 17.6 Å². The minimum Gasteiger partial charge on any atom is -0.510 e. The summed E-state index contributed by atoms with van der Waals surface area (Å²) >= 11 is 0. The first kappa shape index (κ1) is 22.8. The van der Waals surface area contributed by atoms with Crippen molar-refractivity contribution >= 4 is 17.7 Å². The second kappa shape index (κ2) is 7.89. The number of phenolic OH excluding ortho intramolecular Hbond substituents is 1. The van der Waals surface area contributed by atoms with Crippen LogP contribution in [0.4, 0.5) is 4.79 Å². The summed E-state index contributed by atoms with van der Waals surface area (Å²) in [6, 6.07) is 3.86. The number of rotatable bonds is 3. The number of Topliss-reactive ketones (excluding diaryl/α,β-unsaturated/α-hetero) is 2. The van der Waals surface area contributed by atoms with Crippen molar-refractivity contribution in [1.82, 2.24) is 4.90 Å². The predicted molar refractivity (Wildman–Crippen MR) is 115 cm³/mol. The zero-order valence-corrected chi connectivity index (χ0v) is 18.5. The fraction of sp³-hybridized carbons (Fsp3) is 0.435. The molecule has 0 heterocycles. The Morgan fingerprint density at radius 3 is 2.55 bits per heavy atom. The van der Waals surface area contributed by atoms with Gasteiger partial charge in [-0.05, 0) is 44.5 Å². The highest BCUT2D eigenvalue weighted by atomic mass is 16.7. The lowest BCUT2D eigenvalue weighted by molar-refractivity contribution is -0.151. The number of methoxy groups -OCH3 is 1. The Labute approximate surface area is 189 Å². The number of nitrogens with two attached hydrogens (primary N) is 1. The van der Waals surface area contributed by atoms with Gasteiger partial charge in [-0.2, -0.15) is 0 Å². The van der Waals surface area contributed by atoms with Crippen molar-refractivity contribution in [1.29, 1.82) is 0 Å². The van der Waals surface area contributed by atoms with E-state index in [2.05, 4.69) is 4.74 Å². The minimum atomic E-state index is -2.31. The number of aliphatic hydroxyl groups is 2. The van der Waals surface area contributed by atoms with Crippen LogP contribution in [0.3, 0.4) is 0 Å². The Morgan fingerprint density at radius 1 is 1.24 bits per heavy atom. The molecule has 0 saturated heterocycles. The molecule has 0 fully saturated rings. The van der Waals surface area contributed by atoms with Gasteiger partial charge in [0.05, 0.1) is 24.3 Å². The number of benzene rings is 1. The van der Waals surface area contributed by atoms with Gasteiger partial charge in [-0.1, -0.05) is 12.1 Å². The highest BCUT2D eigenvalue weighted by Crippen LogP contribution is 2.53. The molecular weight excluding hydrogens is 432 g/mol. The molecule has 1 aromatic carbocycles. The van der Waals surface area contributed by atoms with Crippen LogP contribution in [0, 0.1) is 11.8 Å². The molecule has 0 aliphatic heterocycles. The summed E-state index contributed by atoms with van der Waals surface area (Å²) in [4.78, 5) is 41.0. The zero-order valence-electron chi connectivity index (χ0n) is 18.5. The van der Waals surface area contributed by atoms with E-state index in [0.29, 0.717) is 12.0 Å². The van der Waals surface area contributed by atoms with Crippen LogP contribution in [0.15, 0.2) is 40.9 Å². The standard InChI is InChI=1S/C23H26N2O8/c1-25(2)17-13-8-11-7-10-5-4-6-14(26)15(10)19(28)16(11)21(30)23(13,33-22(31)32-3)20(29)12(9-24)18(17)27/h4-6,11,13,17,26-27,30H,7-9,24H2,1-3H3/t11-,13-,17-,23+/m0/s1. The smallest absolute Gasteiger partial charge is 0.509 e. The van der Waals surface area contributed by atoms with Gasteiger partial charge in [0.15, 0.2) is 11.5 Å². The van der Waals surface area contributed by atoms with Gasteiger partial charge in [0.25, 0.3) is 0 Å². The van der Waals surface area contributed by atoms with E-state index in [4.69, 9.17) is 10.5 Å². The minimum absolute atomic E-state index is 0.0341. The molecule has 176 valence electrons. The van der Waals surface area contributed by atoms with Gasteiger partial charge in [0.1, 0.15) is 11.5 Å². The summed E-state index contributed by atoms with van der Waals surface area (Å²) in [5.41, 5.74) is 3.76. The Kier molecular flexibility index (Phi) is 5.45. The van der Waals surface area contributed by atoms with Gasteiger partial charge in [0, 0.05) is 18.0 Å². The lowest BCUT2D eigenvalue weighted by atomic mass is 9.58. The van der Waals surface area contributed by atoms with Gasteiger partial charge in [-0.3, -0.25) is 14.5 Å². The van der Waals surface area contributed by atoms with E-state index in [0.717, 1.165) is 7.11 Å². The summed E-state index contributed by atoms with van der Waals surface area (Å²) in [5.74, 6) is -4.26. The number of ether oxygens (including phenoxy) is 2. The number of aliphatic hydroxyl groups excluding tert-OH is 2. The van der Waals surface area contributed by atoms with Crippen LogP contribution in [0.5, 0.6) is 5.75 Å². The summed E-state index contributed by atoms with van der Waals surface area (Å²) in [7, 11) is 4.39. The molecule has 10 heteroatoms. The Bertz CT molecular complexity index is 1120. The van der Waals surface area contributed by atoms with Crippen molar-refractivity contribution in [3.05, 3.63) is 52.0 Å². The van der Waals surface area contributed by atoms with E-state index in [1.807, 2.05) is 0 Å². The first-order valence-corrected chi connectivity index (χ1v) is 10.5. The monoisotopic (exact) mass is 458 g/mol. The van der Waals surface area contributed by atoms with E-state index >= 15 is 0 Å². The van der Waals surface area contributed by atoms with Gasteiger partial charge in [-0.25, -0.2) is 4.79 Å². The number of hydrogen-bond donors (Lipinski definition) is 4. The number of carbonyl (C=O) groups is 3. The maximum atomic E-state index is 13.6. The molecule has 4 rings (SSSR count). The number of likely N-dealkylation sites (N-methyl/N-ethyl adjacent to an activating group) is 1. The molecule has 0 radical (unpaired) electrons. The van der Waals surface area contributed by atoms with Crippen molar-refractivity contribution in [3.63, 3.8) is 0 Å². The van der Waals surface area contributed by atoms with Gasteiger partial charge in [0.2, 0.25) is 11.4 Å². The number of carbonyl (C=O) groups excluding carboxylic acids is 3. The summed E-state index contributed by atoms with van der Waals surface area (Å²) in [6.45, 7) is -0.377. The topological polar surface area (TPSA) is 160 Å². The normalized spacial score (nSPS) is 28.9. The largest absolute Gasteiger partial charge is 0.510 e. The maximum Gasteiger partial charge on any atom is 0.509 e. The van der Waals surface area contributed by atoms with E-state index in [-0.39, 0.29) is 41.2 Å². The molecule has 5 N–H and O–H groups in total. The highest BCUT2D eigenvalue weighted by Gasteiger charge is 2.65. The summed E-state index contributed by atoms with van der Waals surface area (Å²) < 4.78 is 10.1. The van der Waals surface area contributed by atoms with Crippen LogP contribution in [-0.2, 0) is 20.7 Å². The number of fused-ring (bicyclic) bond motifs is 3. The van der Waals surface area contributed by atoms with Crippen LogP contribution in [-0.4, -0.2) is 77.3 Å². The Hall–Kier alpha value is -3.37. The molecule has 0 bridgehead atoms. The Morgan fingerprint density at radius 2 is 1.94 bits per heavy atom. The molecule has 0 unspecified atom stereocenters. The van der Waals surface area contributed by atoms with E-state index < -0.39 is 47.0 Å². The first-order chi connectivity index (χ1) is 15.6. The first-order valence-electron chi connectivity index (χ1n) is 10.5. The number of nitrogens with zero attached hydrogens (tertiary/aromatic N) is 1. The highest BCUT2D eigenvalue weighted by molar-refractivity contribution is 6.15. The van der Waals surface area contributed by atoms with E-state index in [1.165, 1.54) is 6.07 Å². The average molecular weight is 458 g/mol. The lowest BCUT2D eigenvalue weighted by Gasteiger charge is -2.51. The molecule has 0 amide bonds. The van der Waals surface area contributed by atoms with Crippen molar-refractivity contribution in [2.45, 2.75) is 24.5 Å². The molecule has 4 atom stereocenters. The Balaban J connectivity index is 2.02. The third-order valence-electron chi connectivity index (χ3n) is 6.90. The molecule has 3 aliphatic carbocycles. The third kappa shape index (κ3) is 3.05. The van der Waals surface area contributed by atoms with Crippen molar-refractivity contribution < 1.29 is 39.2 Å². The maximum absolute atomic E-state index is 13.6. The second-order valence-corrected chi connectivity index (χ2v) is 8.74. The van der Waals surface area contributed by atoms with Gasteiger partial charge >= 0.3 is 6.16 Å². The molecule has 0 spiro atoms. The third-order valence-corrected chi connectivity index (χ3v) is 6.90. The number of allylic oxidation sites excluding steroid dienone is 1. The van der Waals surface area contributed by atoms with Crippen LogP contribution in [0.2, 0.25) is 0 Å². The lowest BCUT2D eigenvalue weighted by Crippen LogP contribution is -2.65. The van der Waals surface area contributed by atoms with E-state index in [9.17, 15) is 29.7 Å². The van der Waals surface area contributed by atoms with Crippen LogP contribution >= 0.6 is 0 Å². The molecular formula is C23H26N2O8. The molecule has 1 aromatic rings. The average Bonchev–Trinajstić information content (AvgIpc) is 2.75. The molecule has 10 nitrogen and oxygen atoms in total. The number of phenols is 1. The summed E-state index contributed by atoms with van der Waals surface area (Å²) in [6.07, 6.45) is -0.795. The SMILES string of the molecule is COC(=O)O[C@@]12C(=O)C(CN)=C(O)[C@@H](N(C)C)[C@@H]1C[C@@H]1Cc3cccc(O)c3C(=O)C1=C2O. The van der Waals surface area contributed by atoms with Crippen LogP contribution in [0.25, 0.3) is 0 Å². The van der Waals surface area contributed by atoms with Crippen molar-refractivity contribution in [2.75, 3.05) is 27.7 Å². The summed E-state index contributed by atoms with van der Waals surface area (Å²) in [5, 5.41) is 32.7. The van der Waals surface area contributed by atoms with E-state index in [1.54, 1.807) is 31.1 Å². The van der Waals surface area contributed by atoms with Crippen LogP contribution < -0.4 is 5.73 Å². The second-order valence-electron chi connectivity index (χ2n) is 8.74. The molecule has 0 aromatic heterocycles. The molecule has 33 heavy (non-hydrogen) atoms.